The number of amides is 1. The number of carboxylic acids is 1. The molecule has 0 aliphatic carbocycles. The molecule has 0 fully saturated rings. The molecule has 1 aromatic carbocycles. The summed E-state index contributed by atoms with van der Waals surface area (Å²) in [5.74, 6) is -1.96. The fourth-order valence-electron chi connectivity index (χ4n) is 1.22. The summed E-state index contributed by atoms with van der Waals surface area (Å²) in [4.78, 5) is 21.9. The molecular weight excluding hydrogens is 307 g/mol. The number of hydrogen-bond donors (Lipinski definition) is 3. The second kappa shape index (κ2) is 6.46. The second-order valence-electron chi connectivity index (χ2n) is 3.66. The molecule has 4 N–H and O–H groups in total. The number of rotatable bonds is 5. The van der Waals surface area contributed by atoms with E-state index < -0.39 is 23.7 Å². The Kier molecular flexibility index (Phi) is 5.24. The predicted octanol–water partition coefficient (Wildman–Crippen LogP) is 1.72. The van der Waals surface area contributed by atoms with Gasteiger partial charge in [-0.3, -0.25) is 9.59 Å². The van der Waals surface area contributed by atoms with Crippen LogP contribution in [0.4, 0.5) is 10.1 Å². The number of benzene rings is 1. The Morgan fingerprint density at radius 3 is 2.72 bits per heavy atom. The van der Waals surface area contributed by atoms with Gasteiger partial charge in [-0.15, -0.1) is 0 Å². The van der Waals surface area contributed by atoms with Crippen molar-refractivity contribution in [2.24, 2.45) is 5.73 Å². The highest BCUT2D eigenvalue weighted by molar-refractivity contribution is 9.10. The van der Waals surface area contributed by atoms with E-state index in [9.17, 15) is 14.0 Å². The Labute approximate surface area is 111 Å². The van der Waals surface area contributed by atoms with E-state index in [0.717, 1.165) is 0 Å². The Morgan fingerprint density at radius 1 is 1.50 bits per heavy atom. The van der Waals surface area contributed by atoms with Gasteiger partial charge in [0, 0.05) is 12.1 Å². The van der Waals surface area contributed by atoms with Crippen LogP contribution < -0.4 is 11.1 Å². The van der Waals surface area contributed by atoms with E-state index in [1.54, 1.807) is 0 Å². The Bertz CT molecular complexity index is 468. The fraction of sp³-hybridized carbons (Fsp3) is 0.273. The summed E-state index contributed by atoms with van der Waals surface area (Å²) < 4.78 is 13.2. The zero-order chi connectivity index (χ0) is 13.7. The van der Waals surface area contributed by atoms with Crippen molar-refractivity contribution in [3.05, 3.63) is 28.5 Å². The lowest BCUT2D eigenvalue weighted by Crippen LogP contribution is -2.36. The minimum atomic E-state index is -1.01. The SMILES string of the molecule is NC(CCC(=O)O)C(=O)Nc1ccc(F)c(Br)c1. The molecule has 98 valence electrons. The number of nitrogens with one attached hydrogen (secondary N) is 1. The molecule has 0 saturated carbocycles. The monoisotopic (exact) mass is 318 g/mol. The Hall–Kier alpha value is -1.47. The van der Waals surface area contributed by atoms with Crippen LogP contribution in [0.2, 0.25) is 0 Å². The molecule has 0 bridgehead atoms. The average molecular weight is 319 g/mol. The second-order valence-corrected chi connectivity index (χ2v) is 4.51. The van der Waals surface area contributed by atoms with Crippen molar-refractivity contribution in [3.8, 4) is 0 Å². The number of anilines is 1. The van der Waals surface area contributed by atoms with E-state index >= 15 is 0 Å². The fourth-order valence-corrected chi connectivity index (χ4v) is 1.60. The Balaban J connectivity index is 2.58. The molecule has 0 aliphatic rings. The standard InChI is InChI=1S/C11H12BrFN2O3/c12-7-5-6(1-2-8(7)13)15-11(18)9(14)3-4-10(16)17/h1-2,5,9H,3-4,14H2,(H,15,18)(H,16,17). The molecule has 0 saturated heterocycles. The molecule has 0 radical (unpaired) electrons. The van der Waals surface area contributed by atoms with Crippen molar-refractivity contribution in [2.45, 2.75) is 18.9 Å². The summed E-state index contributed by atoms with van der Waals surface area (Å²) in [6, 6.07) is 3.08. The molecule has 1 atom stereocenters. The van der Waals surface area contributed by atoms with Gasteiger partial charge < -0.3 is 16.2 Å². The number of aliphatic carboxylic acids is 1. The zero-order valence-electron chi connectivity index (χ0n) is 9.32. The number of carbonyl (C=O) groups excluding carboxylic acids is 1. The van der Waals surface area contributed by atoms with Crippen molar-refractivity contribution in [2.75, 3.05) is 5.32 Å². The van der Waals surface area contributed by atoms with E-state index in [1.165, 1.54) is 18.2 Å². The highest BCUT2D eigenvalue weighted by Crippen LogP contribution is 2.20. The van der Waals surface area contributed by atoms with Crippen LogP contribution in [0, 0.1) is 5.82 Å². The largest absolute Gasteiger partial charge is 0.481 e. The minimum absolute atomic E-state index is 0.0452. The molecule has 18 heavy (non-hydrogen) atoms. The third-order valence-corrected chi connectivity index (χ3v) is 2.80. The molecule has 1 rings (SSSR count). The molecule has 5 nitrogen and oxygen atoms in total. The van der Waals surface area contributed by atoms with Gasteiger partial charge in [-0.1, -0.05) is 0 Å². The number of carboxylic acid groups (broad SMARTS) is 1. The summed E-state index contributed by atoms with van der Waals surface area (Å²) in [7, 11) is 0. The summed E-state index contributed by atoms with van der Waals surface area (Å²) in [6.45, 7) is 0. The van der Waals surface area contributed by atoms with Crippen LogP contribution in [0.15, 0.2) is 22.7 Å². The minimum Gasteiger partial charge on any atom is -0.481 e. The van der Waals surface area contributed by atoms with Gasteiger partial charge in [0.05, 0.1) is 10.5 Å². The highest BCUT2D eigenvalue weighted by Gasteiger charge is 2.15. The van der Waals surface area contributed by atoms with Gasteiger partial charge in [-0.05, 0) is 40.5 Å². The van der Waals surface area contributed by atoms with Gasteiger partial charge in [0.25, 0.3) is 0 Å². The summed E-state index contributed by atoms with van der Waals surface area (Å²) in [5.41, 5.74) is 5.91. The molecule has 1 unspecified atom stereocenters. The number of halogens is 2. The zero-order valence-corrected chi connectivity index (χ0v) is 10.9. The van der Waals surface area contributed by atoms with Crippen molar-refractivity contribution < 1.29 is 19.1 Å². The maximum Gasteiger partial charge on any atom is 0.303 e. The first-order valence-electron chi connectivity index (χ1n) is 5.13. The lowest BCUT2D eigenvalue weighted by molar-refractivity contribution is -0.137. The first kappa shape index (κ1) is 14.6. The normalized spacial score (nSPS) is 11.9. The third kappa shape index (κ3) is 4.42. The van der Waals surface area contributed by atoms with Crippen molar-refractivity contribution in [3.63, 3.8) is 0 Å². The molecule has 0 aliphatic heterocycles. The summed E-state index contributed by atoms with van der Waals surface area (Å²) >= 11 is 2.99. The van der Waals surface area contributed by atoms with Gasteiger partial charge >= 0.3 is 5.97 Å². The lowest BCUT2D eigenvalue weighted by atomic mass is 10.1. The van der Waals surface area contributed by atoms with Crippen LogP contribution in [0.3, 0.4) is 0 Å². The van der Waals surface area contributed by atoms with Gasteiger partial charge in [0.15, 0.2) is 0 Å². The molecule has 1 aromatic rings. The Morgan fingerprint density at radius 2 is 2.17 bits per heavy atom. The van der Waals surface area contributed by atoms with Crippen LogP contribution in [0.1, 0.15) is 12.8 Å². The maximum absolute atomic E-state index is 13.0. The topological polar surface area (TPSA) is 92.4 Å². The molecule has 0 aromatic heterocycles. The molecule has 0 heterocycles. The molecule has 1 amide bonds. The maximum atomic E-state index is 13.0. The first-order valence-corrected chi connectivity index (χ1v) is 5.92. The van der Waals surface area contributed by atoms with Gasteiger partial charge in [-0.25, -0.2) is 4.39 Å². The van der Waals surface area contributed by atoms with E-state index in [-0.39, 0.29) is 17.3 Å². The number of nitrogens with two attached hydrogens (primary N) is 1. The molecular formula is C11H12BrFN2O3. The van der Waals surface area contributed by atoms with Crippen LogP contribution in [0.5, 0.6) is 0 Å². The van der Waals surface area contributed by atoms with Crippen LogP contribution in [-0.4, -0.2) is 23.0 Å². The smallest absolute Gasteiger partial charge is 0.303 e. The van der Waals surface area contributed by atoms with Crippen molar-refractivity contribution >= 4 is 33.5 Å². The quantitative estimate of drug-likeness (QED) is 0.770. The van der Waals surface area contributed by atoms with E-state index in [2.05, 4.69) is 21.2 Å². The number of hydrogen-bond acceptors (Lipinski definition) is 3. The molecule has 0 spiro atoms. The highest BCUT2D eigenvalue weighted by atomic mass is 79.9. The first-order chi connectivity index (χ1) is 8.40. The molecule has 7 heteroatoms. The predicted molar refractivity (Wildman–Crippen MR) is 67.6 cm³/mol. The summed E-state index contributed by atoms with van der Waals surface area (Å²) in [6.07, 6.45) is -0.134. The number of carbonyl (C=O) groups is 2. The summed E-state index contributed by atoms with van der Waals surface area (Å²) in [5, 5.41) is 10.9. The van der Waals surface area contributed by atoms with Gasteiger partial charge in [0.2, 0.25) is 5.91 Å². The van der Waals surface area contributed by atoms with E-state index in [4.69, 9.17) is 10.8 Å². The van der Waals surface area contributed by atoms with Crippen LogP contribution >= 0.6 is 15.9 Å². The van der Waals surface area contributed by atoms with Crippen LogP contribution in [-0.2, 0) is 9.59 Å². The van der Waals surface area contributed by atoms with Crippen LogP contribution in [0.25, 0.3) is 0 Å². The van der Waals surface area contributed by atoms with Gasteiger partial charge in [-0.2, -0.15) is 0 Å². The third-order valence-electron chi connectivity index (χ3n) is 2.19. The van der Waals surface area contributed by atoms with E-state index in [1.807, 2.05) is 0 Å². The van der Waals surface area contributed by atoms with Crippen molar-refractivity contribution in [1.29, 1.82) is 0 Å². The van der Waals surface area contributed by atoms with Gasteiger partial charge in [0.1, 0.15) is 5.82 Å². The average Bonchev–Trinajstić information content (AvgIpc) is 2.30. The van der Waals surface area contributed by atoms with E-state index in [0.29, 0.717) is 5.69 Å². The van der Waals surface area contributed by atoms with Crippen molar-refractivity contribution in [1.82, 2.24) is 0 Å². The lowest BCUT2D eigenvalue weighted by Gasteiger charge is -2.11.